The Hall–Kier alpha value is -1.62. The lowest BCUT2D eigenvalue weighted by Gasteiger charge is -2.10. The van der Waals surface area contributed by atoms with E-state index in [-0.39, 0.29) is 18.8 Å². The van der Waals surface area contributed by atoms with E-state index in [1.54, 1.807) is 6.92 Å². The highest BCUT2D eigenvalue weighted by atomic mass is 16.6. The first-order valence-electron chi connectivity index (χ1n) is 4.77. The van der Waals surface area contributed by atoms with Crippen LogP contribution in [0.5, 0.6) is 0 Å². The number of aliphatic hydroxyl groups excluding tert-OH is 1. The van der Waals surface area contributed by atoms with Crippen LogP contribution >= 0.6 is 0 Å². The fourth-order valence-corrected chi connectivity index (χ4v) is 0.706. The number of rotatable bonds is 6. The van der Waals surface area contributed by atoms with Crippen molar-refractivity contribution in [1.82, 2.24) is 0 Å². The van der Waals surface area contributed by atoms with Crippen LogP contribution in [-0.2, 0) is 19.1 Å². The highest BCUT2D eigenvalue weighted by molar-refractivity contribution is 5.86. The average molecular weight is 228 g/mol. The molecule has 16 heavy (non-hydrogen) atoms. The molecule has 0 aromatic heterocycles. The predicted octanol–water partition coefficient (Wildman–Crippen LogP) is 0.586. The Morgan fingerprint density at radius 1 is 1.38 bits per heavy atom. The molecule has 0 bridgehead atoms. The molecule has 0 radical (unpaired) electrons. The summed E-state index contributed by atoms with van der Waals surface area (Å²) in [6.45, 7) is 6.11. The Morgan fingerprint density at radius 3 is 2.44 bits per heavy atom. The van der Waals surface area contributed by atoms with E-state index in [1.165, 1.54) is 19.1 Å². The Balaban J connectivity index is 3.75. The van der Waals surface area contributed by atoms with E-state index in [4.69, 9.17) is 0 Å². The second-order valence-corrected chi connectivity index (χ2v) is 3.16. The van der Waals surface area contributed by atoms with E-state index in [0.717, 1.165) is 0 Å². The summed E-state index contributed by atoms with van der Waals surface area (Å²) in [4.78, 5) is 21.8. The molecule has 1 unspecified atom stereocenters. The number of carbonyl (C=O) groups is 2. The number of ether oxygens (including phenoxy) is 2. The monoisotopic (exact) mass is 228 g/mol. The largest absolute Gasteiger partial charge is 0.460 e. The van der Waals surface area contributed by atoms with Crippen LogP contribution in [0.3, 0.4) is 0 Å². The van der Waals surface area contributed by atoms with Gasteiger partial charge >= 0.3 is 11.9 Å². The van der Waals surface area contributed by atoms with Gasteiger partial charge in [-0.2, -0.15) is 0 Å². The molecule has 0 heterocycles. The lowest BCUT2D eigenvalue weighted by atomic mass is 10.3. The number of carbonyl (C=O) groups excluding carboxylic acids is 2. The van der Waals surface area contributed by atoms with E-state index in [9.17, 15) is 14.7 Å². The standard InChI is InChI=1S/C11H16O5/c1-4-5-10(13)15-6-9(12)7-16-11(14)8(2)3/h4-5,9,12H,2,6-7H2,1,3H3. The topological polar surface area (TPSA) is 72.8 Å². The van der Waals surface area contributed by atoms with Crippen LogP contribution in [0.15, 0.2) is 24.3 Å². The van der Waals surface area contributed by atoms with Gasteiger partial charge in [-0.1, -0.05) is 12.7 Å². The molecular weight excluding hydrogens is 212 g/mol. The fraction of sp³-hybridized carbons (Fsp3) is 0.455. The smallest absolute Gasteiger partial charge is 0.333 e. The summed E-state index contributed by atoms with van der Waals surface area (Å²) < 4.78 is 9.31. The number of hydrogen-bond acceptors (Lipinski definition) is 5. The molecule has 0 rings (SSSR count). The molecule has 0 aliphatic carbocycles. The molecule has 0 aromatic carbocycles. The van der Waals surface area contributed by atoms with Crippen LogP contribution in [0.1, 0.15) is 13.8 Å². The van der Waals surface area contributed by atoms with Crippen molar-refractivity contribution < 1.29 is 24.2 Å². The Labute approximate surface area is 94.4 Å². The Morgan fingerprint density at radius 2 is 1.94 bits per heavy atom. The predicted molar refractivity (Wildman–Crippen MR) is 57.6 cm³/mol. The molecule has 0 saturated carbocycles. The SMILES string of the molecule is C=C(C)C(=O)OCC(O)COC(=O)C=CC. The first-order valence-corrected chi connectivity index (χ1v) is 4.77. The van der Waals surface area contributed by atoms with Gasteiger partial charge in [-0.15, -0.1) is 0 Å². The zero-order valence-electron chi connectivity index (χ0n) is 9.43. The van der Waals surface area contributed by atoms with E-state index in [2.05, 4.69) is 16.1 Å². The average Bonchev–Trinajstić information content (AvgIpc) is 2.23. The zero-order chi connectivity index (χ0) is 12.6. The highest BCUT2D eigenvalue weighted by Gasteiger charge is 2.10. The van der Waals surface area contributed by atoms with Gasteiger partial charge in [0.15, 0.2) is 0 Å². The zero-order valence-corrected chi connectivity index (χ0v) is 9.43. The third-order valence-electron chi connectivity index (χ3n) is 1.48. The van der Waals surface area contributed by atoms with Gasteiger partial charge in [0.05, 0.1) is 0 Å². The lowest BCUT2D eigenvalue weighted by Crippen LogP contribution is -2.25. The third-order valence-corrected chi connectivity index (χ3v) is 1.48. The van der Waals surface area contributed by atoms with Crippen molar-refractivity contribution in [2.45, 2.75) is 20.0 Å². The second-order valence-electron chi connectivity index (χ2n) is 3.16. The summed E-state index contributed by atoms with van der Waals surface area (Å²) in [6.07, 6.45) is 1.72. The molecule has 0 aromatic rings. The van der Waals surface area contributed by atoms with Crippen LogP contribution in [0.2, 0.25) is 0 Å². The number of allylic oxidation sites excluding steroid dienone is 1. The van der Waals surface area contributed by atoms with E-state index < -0.39 is 18.0 Å². The van der Waals surface area contributed by atoms with Crippen molar-refractivity contribution in [3.8, 4) is 0 Å². The normalized spacial score (nSPS) is 12.2. The number of aliphatic hydroxyl groups is 1. The van der Waals surface area contributed by atoms with Gasteiger partial charge in [-0.05, 0) is 13.8 Å². The molecule has 5 nitrogen and oxygen atoms in total. The summed E-state index contributed by atoms with van der Waals surface area (Å²) >= 11 is 0. The summed E-state index contributed by atoms with van der Waals surface area (Å²) in [5.74, 6) is -1.13. The molecular formula is C11H16O5. The minimum atomic E-state index is -1.03. The van der Waals surface area contributed by atoms with Gasteiger partial charge in [-0.25, -0.2) is 9.59 Å². The van der Waals surface area contributed by atoms with Crippen molar-refractivity contribution in [2.24, 2.45) is 0 Å². The van der Waals surface area contributed by atoms with Gasteiger partial charge in [0.2, 0.25) is 0 Å². The molecule has 0 aliphatic heterocycles. The molecule has 0 saturated heterocycles. The minimum Gasteiger partial charge on any atom is -0.460 e. The molecule has 1 N–H and O–H groups in total. The van der Waals surface area contributed by atoms with Crippen molar-refractivity contribution in [2.75, 3.05) is 13.2 Å². The first kappa shape index (κ1) is 14.4. The van der Waals surface area contributed by atoms with Crippen molar-refractivity contribution in [3.05, 3.63) is 24.3 Å². The van der Waals surface area contributed by atoms with E-state index >= 15 is 0 Å². The molecule has 1 atom stereocenters. The summed E-state index contributed by atoms with van der Waals surface area (Å²) in [7, 11) is 0. The van der Waals surface area contributed by atoms with Crippen LogP contribution in [0.4, 0.5) is 0 Å². The maximum atomic E-state index is 10.9. The van der Waals surface area contributed by atoms with Gasteiger partial charge < -0.3 is 14.6 Å². The minimum absolute atomic E-state index is 0.216. The van der Waals surface area contributed by atoms with Crippen LogP contribution in [-0.4, -0.2) is 36.4 Å². The summed E-state index contributed by atoms with van der Waals surface area (Å²) in [5.41, 5.74) is 0.248. The fourth-order valence-electron chi connectivity index (χ4n) is 0.706. The van der Waals surface area contributed by atoms with Crippen molar-refractivity contribution in [1.29, 1.82) is 0 Å². The summed E-state index contributed by atoms with van der Waals surface area (Å²) in [6, 6.07) is 0. The molecule has 0 spiro atoms. The Kier molecular flexibility index (Phi) is 6.87. The van der Waals surface area contributed by atoms with Gasteiger partial charge in [0.25, 0.3) is 0 Å². The maximum absolute atomic E-state index is 10.9. The number of hydrogen-bond donors (Lipinski definition) is 1. The molecule has 0 fully saturated rings. The first-order chi connectivity index (χ1) is 7.47. The maximum Gasteiger partial charge on any atom is 0.333 e. The second kappa shape index (κ2) is 7.64. The van der Waals surface area contributed by atoms with Crippen molar-refractivity contribution in [3.63, 3.8) is 0 Å². The molecule has 90 valence electrons. The van der Waals surface area contributed by atoms with Gasteiger partial charge in [0, 0.05) is 11.6 Å². The molecule has 0 aliphatic rings. The van der Waals surface area contributed by atoms with Crippen LogP contribution in [0, 0.1) is 0 Å². The van der Waals surface area contributed by atoms with E-state index in [1.807, 2.05) is 0 Å². The number of esters is 2. The van der Waals surface area contributed by atoms with Crippen molar-refractivity contribution >= 4 is 11.9 Å². The van der Waals surface area contributed by atoms with Gasteiger partial charge in [-0.3, -0.25) is 0 Å². The van der Waals surface area contributed by atoms with Gasteiger partial charge in [0.1, 0.15) is 19.3 Å². The van der Waals surface area contributed by atoms with Crippen LogP contribution in [0.25, 0.3) is 0 Å². The lowest BCUT2D eigenvalue weighted by molar-refractivity contribution is -0.146. The van der Waals surface area contributed by atoms with Crippen LogP contribution < -0.4 is 0 Å². The highest BCUT2D eigenvalue weighted by Crippen LogP contribution is 1.95. The van der Waals surface area contributed by atoms with E-state index in [0.29, 0.717) is 0 Å². The summed E-state index contributed by atoms with van der Waals surface area (Å²) in [5, 5.41) is 9.29. The quantitative estimate of drug-likeness (QED) is 0.532. The molecule has 0 amide bonds. The molecule has 5 heteroatoms. The Bertz CT molecular complexity index is 293. The third kappa shape index (κ3) is 6.78.